The minimum Gasteiger partial charge on any atom is -0.481 e. The Balaban J connectivity index is 1.11. The first-order valence-electron chi connectivity index (χ1n) is 21.5. The van der Waals surface area contributed by atoms with Crippen molar-refractivity contribution in [3.8, 4) is 0 Å². The second-order valence-corrected chi connectivity index (χ2v) is 24.0. The van der Waals surface area contributed by atoms with Gasteiger partial charge in [-0.2, -0.15) is 0 Å². The predicted octanol–water partition coefficient (Wildman–Crippen LogP) is 6.70. The van der Waals surface area contributed by atoms with Crippen LogP contribution in [0.1, 0.15) is 127 Å². The number of fused-ring (bicyclic) bond motifs is 7. The number of aliphatic carboxylic acids is 1. The van der Waals surface area contributed by atoms with Gasteiger partial charge in [0.1, 0.15) is 6.10 Å². The molecule has 0 amide bonds. The van der Waals surface area contributed by atoms with Gasteiger partial charge in [0, 0.05) is 42.7 Å². The Labute approximate surface area is 326 Å². The lowest BCUT2D eigenvalue weighted by molar-refractivity contribution is -0.246. The Kier molecular flexibility index (Phi) is 10.0. The summed E-state index contributed by atoms with van der Waals surface area (Å²) in [7, 11) is -2.96. The number of allylic oxidation sites excluding steroid dienone is 1. The van der Waals surface area contributed by atoms with Crippen LogP contribution in [0.5, 0.6) is 0 Å². The summed E-state index contributed by atoms with van der Waals surface area (Å²) < 4.78 is 30.9. The predicted molar refractivity (Wildman–Crippen MR) is 213 cm³/mol. The number of nitrogens with two attached hydrogens (primary N) is 1. The van der Waals surface area contributed by atoms with Crippen molar-refractivity contribution in [2.75, 3.05) is 31.1 Å². The molecule has 1 heterocycles. The number of hydrogen-bond donors (Lipinski definition) is 3. The molecule has 14 atom stereocenters. The molecule has 0 aromatic heterocycles. The van der Waals surface area contributed by atoms with Crippen molar-refractivity contribution >= 4 is 21.8 Å². The van der Waals surface area contributed by atoms with E-state index in [4.69, 9.17) is 10.5 Å². The average molecular weight is 772 g/mol. The lowest BCUT2D eigenvalue weighted by atomic mass is 9.32. The first-order chi connectivity index (χ1) is 25.0. The van der Waals surface area contributed by atoms with Crippen LogP contribution in [0.25, 0.3) is 0 Å². The number of hydrogen-bond acceptors (Lipinski definition) is 8. The number of nitrogens with zero attached hydrogens (tertiary/aromatic N) is 1. The number of carboxylic acid groups (broad SMARTS) is 1. The van der Waals surface area contributed by atoms with Crippen molar-refractivity contribution in [2.45, 2.75) is 150 Å². The number of nitrogens with one attached hydrogen (secondary N) is 1. The smallest absolute Gasteiger partial charge is 0.310 e. The molecule has 7 fully saturated rings. The van der Waals surface area contributed by atoms with Gasteiger partial charge in [-0.25, -0.2) is 8.42 Å². The van der Waals surface area contributed by atoms with E-state index in [1.54, 1.807) is 0 Å². The third kappa shape index (κ3) is 6.01. The molecule has 0 bridgehead atoms. The van der Waals surface area contributed by atoms with Gasteiger partial charge in [-0.1, -0.05) is 60.6 Å². The Morgan fingerprint density at radius 1 is 0.870 bits per heavy atom. The maximum Gasteiger partial charge on any atom is 0.310 e. The highest BCUT2D eigenvalue weighted by Crippen LogP contribution is 2.76. The number of carboxylic acids is 1. The lowest BCUT2D eigenvalue weighted by Crippen LogP contribution is -2.69. The highest BCUT2D eigenvalue weighted by atomic mass is 32.2. The molecule has 6 saturated carbocycles. The van der Waals surface area contributed by atoms with Gasteiger partial charge >= 0.3 is 11.9 Å². The molecule has 1 aliphatic heterocycles. The summed E-state index contributed by atoms with van der Waals surface area (Å²) in [4.78, 5) is 27.7. The van der Waals surface area contributed by atoms with Crippen LogP contribution in [0, 0.1) is 68.5 Å². The van der Waals surface area contributed by atoms with Gasteiger partial charge in [0.2, 0.25) is 0 Å². The zero-order valence-electron chi connectivity index (χ0n) is 35.0. The minimum absolute atomic E-state index is 0.0345. The third-order valence-electron chi connectivity index (χ3n) is 18.7. The highest BCUT2D eigenvalue weighted by Gasteiger charge is 2.72. The van der Waals surface area contributed by atoms with Crippen molar-refractivity contribution in [1.29, 1.82) is 0 Å². The standard InChI is InChI=1S/C44H73N3O6S/c1-26(2)28-13-18-44(46-25-30(27(3)45)47-21-23-54(51,52)24-22-47)20-19-42(9)29(34(28)44)11-12-32-41(8)16-15-33(39(4,5)31(41)14-17-43(32,42)10)53-38(50)36-35(37(48)49)40(36,6)7/h27-36,46H,1,11-25,45H2,2-10H3,(H,48,49)/t27?,28-,29+,30?,31-,32+,33-,34+,35-,36+,41-,42+,43+,44-/m0/s1. The number of ether oxygens (including phenoxy) is 1. The minimum atomic E-state index is -2.96. The fourth-order valence-electron chi connectivity index (χ4n) is 15.4. The second-order valence-electron chi connectivity index (χ2n) is 21.7. The van der Waals surface area contributed by atoms with E-state index in [2.05, 4.69) is 65.3 Å². The molecule has 7 rings (SSSR count). The van der Waals surface area contributed by atoms with Crippen molar-refractivity contribution in [3.05, 3.63) is 12.2 Å². The van der Waals surface area contributed by atoms with Gasteiger partial charge in [0.15, 0.2) is 9.84 Å². The van der Waals surface area contributed by atoms with Crippen LogP contribution >= 0.6 is 0 Å². The van der Waals surface area contributed by atoms with Gasteiger partial charge in [-0.05, 0) is 129 Å². The maximum atomic E-state index is 13.5. The van der Waals surface area contributed by atoms with Gasteiger partial charge in [-0.3, -0.25) is 14.5 Å². The number of esters is 1. The summed E-state index contributed by atoms with van der Waals surface area (Å²) >= 11 is 0. The monoisotopic (exact) mass is 772 g/mol. The van der Waals surface area contributed by atoms with Gasteiger partial charge in [0.25, 0.3) is 0 Å². The van der Waals surface area contributed by atoms with E-state index < -0.39 is 33.1 Å². The number of sulfone groups is 1. The van der Waals surface area contributed by atoms with Gasteiger partial charge in [-0.15, -0.1) is 0 Å². The van der Waals surface area contributed by atoms with E-state index in [9.17, 15) is 23.1 Å². The summed E-state index contributed by atoms with van der Waals surface area (Å²) in [5.74, 6) is 0.598. The normalized spacial score (nSPS) is 47.1. The summed E-state index contributed by atoms with van der Waals surface area (Å²) in [5.41, 5.74) is 7.76. The Morgan fingerprint density at radius 3 is 2.13 bits per heavy atom. The van der Waals surface area contributed by atoms with Crippen LogP contribution in [0.2, 0.25) is 0 Å². The zero-order chi connectivity index (χ0) is 39.6. The second kappa shape index (κ2) is 13.3. The molecule has 6 aliphatic carbocycles. The van der Waals surface area contributed by atoms with E-state index in [1.807, 2.05) is 13.8 Å². The highest BCUT2D eigenvalue weighted by molar-refractivity contribution is 7.91. The van der Waals surface area contributed by atoms with E-state index in [0.29, 0.717) is 42.7 Å². The quantitative estimate of drug-likeness (QED) is 0.173. The molecule has 54 heavy (non-hydrogen) atoms. The average Bonchev–Trinajstić information content (AvgIpc) is 3.45. The van der Waals surface area contributed by atoms with Gasteiger partial charge < -0.3 is 20.9 Å². The van der Waals surface area contributed by atoms with Crippen LogP contribution in [-0.4, -0.2) is 85.2 Å². The SMILES string of the molecule is C=C(C)[C@@H]1CC[C@]2(NCC(C(C)N)N3CCS(=O)(=O)CC3)CC[C@]3(C)[C@H](CC[C@@H]4[C@@]5(C)CC[C@H](OC(=O)[C@H]6[C@@H](C(=O)O)C6(C)C)C(C)(C)[C@@H]5CC[C@]43C)[C@@H]12. The Hall–Kier alpha value is -1.49. The first kappa shape index (κ1) is 40.7. The van der Waals surface area contributed by atoms with E-state index in [0.717, 1.165) is 38.6 Å². The molecule has 1 saturated heterocycles. The Bertz CT molecular complexity index is 1630. The molecule has 0 spiro atoms. The fourth-order valence-corrected chi connectivity index (χ4v) is 16.6. The molecule has 9 nitrogen and oxygen atoms in total. The van der Waals surface area contributed by atoms with Crippen LogP contribution in [0.15, 0.2) is 12.2 Å². The van der Waals surface area contributed by atoms with E-state index in [-0.39, 0.29) is 62.9 Å². The van der Waals surface area contributed by atoms with E-state index in [1.165, 1.54) is 37.7 Å². The summed E-state index contributed by atoms with van der Waals surface area (Å²) in [5, 5.41) is 14.0. The molecule has 4 N–H and O–H groups in total. The molecule has 0 radical (unpaired) electrons. The van der Waals surface area contributed by atoms with Crippen molar-refractivity contribution in [2.24, 2.45) is 74.2 Å². The third-order valence-corrected chi connectivity index (χ3v) is 20.3. The number of carbonyl (C=O) groups is 2. The fraction of sp³-hybridized carbons (Fsp3) is 0.909. The molecular weight excluding hydrogens is 699 g/mol. The Morgan fingerprint density at radius 2 is 1.54 bits per heavy atom. The van der Waals surface area contributed by atoms with Crippen LogP contribution in [-0.2, 0) is 24.2 Å². The van der Waals surface area contributed by atoms with Crippen molar-refractivity contribution < 1.29 is 27.9 Å². The molecular formula is C44H73N3O6S. The number of carbonyl (C=O) groups excluding carboxylic acids is 1. The van der Waals surface area contributed by atoms with Crippen LogP contribution in [0.4, 0.5) is 0 Å². The molecule has 0 aromatic rings. The largest absolute Gasteiger partial charge is 0.481 e. The zero-order valence-corrected chi connectivity index (χ0v) is 35.8. The van der Waals surface area contributed by atoms with Gasteiger partial charge in [0.05, 0.1) is 23.3 Å². The van der Waals surface area contributed by atoms with Crippen molar-refractivity contribution in [1.82, 2.24) is 10.2 Å². The van der Waals surface area contributed by atoms with Crippen molar-refractivity contribution in [3.63, 3.8) is 0 Å². The molecule has 10 heteroatoms. The summed E-state index contributed by atoms with van der Waals surface area (Å²) in [6.45, 7) is 27.1. The molecule has 0 aromatic carbocycles. The number of rotatable bonds is 9. The summed E-state index contributed by atoms with van der Waals surface area (Å²) in [6, 6.07) is 0.0408. The van der Waals surface area contributed by atoms with E-state index >= 15 is 0 Å². The van der Waals surface area contributed by atoms with Crippen LogP contribution in [0.3, 0.4) is 0 Å². The topological polar surface area (TPSA) is 139 Å². The first-order valence-corrected chi connectivity index (χ1v) is 23.3. The molecule has 2 unspecified atom stereocenters. The summed E-state index contributed by atoms with van der Waals surface area (Å²) in [6.07, 6.45) is 11.1. The maximum absolute atomic E-state index is 13.5. The lowest BCUT2D eigenvalue weighted by Gasteiger charge is -2.73. The molecule has 306 valence electrons. The molecule has 7 aliphatic rings. The van der Waals surface area contributed by atoms with Crippen LogP contribution < -0.4 is 11.1 Å².